The predicted molar refractivity (Wildman–Crippen MR) is 52.8 cm³/mol. The Morgan fingerprint density at radius 3 is 2.93 bits per heavy atom. The molecular weight excluding hydrogens is 199 g/mol. The molecule has 1 heterocycles. The number of carboxylic acids is 1. The number of H-pyrrole nitrogens is 1. The second-order valence-corrected chi connectivity index (χ2v) is 3.22. The van der Waals surface area contributed by atoms with Crippen LogP contribution in [-0.4, -0.2) is 16.1 Å². The first-order valence-electron chi connectivity index (χ1n) is 4.35. The second-order valence-electron chi connectivity index (χ2n) is 3.22. The van der Waals surface area contributed by atoms with Crippen LogP contribution in [0.4, 0.5) is 4.39 Å². The highest BCUT2D eigenvalue weighted by molar-refractivity contribution is 5.89. The van der Waals surface area contributed by atoms with Gasteiger partial charge in [-0.15, -0.1) is 0 Å². The van der Waals surface area contributed by atoms with E-state index in [1.165, 1.54) is 18.3 Å². The molecule has 0 saturated carbocycles. The Morgan fingerprint density at radius 1 is 1.53 bits per heavy atom. The third kappa shape index (κ3) is 1.46. The SMILES string of the molecule is NC(C(=O)O)c1c[nH]c2c(F)cccc12. The van der Waals surface area contributed by atoms with E-state index in [4.69, 9.17) is 10.8 Å². The molecule has 0 bridgehead atoms. The van der Waals surface area contributed by atoms with Crippen LogP contribution in [0.3, 0.4) is 0 Å². The number of aromatic nitrogens is 1. The molecule has 78 valence electrons. The van der Waals surface area contributed by atoms with Crippen LogP contribution in [0.1, 0.15) is 11.6 Å². The number of aromatic amines is 1. The summed E-state index contributed by atoms with van der Waals surface area (Å²) in [5, 5.41) is 9.25. The highest BCUT2D eigenvalue weighted by atomic mass is 19.1. The van der Waals surface area contributed by atoms with Gasteiger partial charge in [-0.05, 0) is 6.07 Å². The molecule has 0 amide bonds. The fourth-order valence-corrected chi connectivity index (χ4v) is 1.53. The Bertz CT molecular complexity index is 521. The molecule has 4 nitrogen and oxygen atoms in total. The Hall–Kier alpha value is -1.88. The standard InChI is InChI=1S/C10H9FN2O2/c11-7-3-1-2-5-6(4-13-9(5)7)8(12)10(14)15/h1-4,8,13H,12H2,(H,14,15). The van der Waals surface area contributed by atoms with Crippen LogP contribution in [-0.2, 0) is 4.79 Å². The lowest BCUT2D eigenvalue weighted by molar-refractivity contribution is -0.138. The molecule has 0 aliphatic carbocycles. The van der Waals surface area contributed by atoms with Crippen molar-refractivity contribution in [3.05, 3.63) is 35.8 Å². The molecule has 0 spiro atoms. The molecule has 2 aromatic rings. The Morgan fingerprint density at radius 2 is 2.27 bits per heavy atom. The second kappa shape index (κ2) is 3.36. The van der Waals surface area contributed by atoms with E-state index in [-0.39, 0.29) is 5.52 Å². The summed E-state index contributed by atoms with van der Waals surface area (Å²) < 4.78 is 13.2. The van der Waals surface area contributed by atoms with Crippen molar-refractivity contribution in [2.75, 3.05) is 0 Å². The van der Waals surface area contributed by atoms with Crippen LogP contribution < -0.4 is 5.73 Å². The minimum atomic E-state index is -1.14. The molecule has 0 saturated heterocycles. The summed E-state index contributed by atoms with van der Waals surface area (Å²) in [6, 6.07) is 3.31. The minimum absolute atomic E-state index is 0.282. The number of aliphatic carboxylic acids is 1. The summed E-state index contributed by atoms with van der Waals surface area (Å²) in [5.74, 6) is -1.56. The molecule has 1 aromatic carbocycles. The highest BCUT2D eigenvalue weighted by Gasteiger charge is 2.18. The van der Waals surface area contributed by atoms with Gasteiger partial charge in [0.1, 0.15) is 11.9 Å². The monoisotopic (exact) mass is 208 g/mol. The van der Waals surface area contributed by atoms with E-state index >= 15 is 0 Å². The number of carboxylic acid groups (broad SMARTS) is 1. The van der Waals surface area contributed by atoms with E-state index in [1.54, 1.807) is 6.07 Å². The fraction of sp³-hybridized carbons (Fsp3) is 0.100. The number of fused-ring (bicyclic) bond motifs is 1. The Kier molecular flexibility index (Phi) is 2.17. The first kappa shape index (κ1) is 9.67. The van der Waals surface area contributed by atoms with Crippen molar-refractivity contribution in [1.29, 1.82) is 0 Å². The Labute approximate surface area is 84.5 Å². The van der Waals surface area contributed by atoms with Gasteiger partial charge in [0.05, 0.1) is 5.52 Å². The van der Waals surface area contributed by atoms with Gasteiger partial charge in [0.25, 0.3) is 0 Å². The first-order chi connectivity index (χ1) is 7.11. The van der Waals surface area contributed by atoms with Gasteiger partial charge in [-0.3, -0.25) is 4.79 Å². The van der Waals surface area contributed by atoms with Crippen molar-refractivity contribution in [2.24, 2.45) is 5.73 Å². The summed E-state index contributed by atoms with van der Waals surface area (Å²) in [5.41, 5.74) is 6.12. The van der Waals surface area contributed by atoms with Gasteiger partial charge in [0.2, 0.25) is 0 Å². The largest absolute Gasteiger partial charge is 0.480 e. The van der Waals surface area contributed by atoms with E-state index in [0.717, 1.165) is 0 Å². The van der Waals surface area contributed by atoms with Crippen LogP contribution in [0.25, 0.3) is 10.9 Å². The normalized spacial score (nSPS) is 12.9. The zero-order valence-corrected chi connectivity index (χ0v) is 7.70. The van der Waals surface area contributed by atoms with Crippen molar-refractivity contribution in [3.63, 3.8) is 0 Å². The van der Waals surface area contributed by atoms with Crippen LogP contribution >= 0.6 is 0 Å². The number of nitrogens with one attached hydrogen (secondary N) is 1. The van der Waals surface area contributed by atoms with Crippen LogP contribution in [0, 0.1) is 5.82 Å². The van der Waals surface area contributed by atoms with Crippen molar-refractivity contribution in [2.45, 2.75) is 6.04 Å². The number of halogens is 1. The number of benzene rings is 1. The molecule has 5 heteroatoms. The average molecular weight is 208 g/mol. The molecule has 4 N–H and O–H groups in total. The van der Waals surface area contributed by atoms with E-state index in [0.29, 0.717) is 10.9 Å². The van der Waals surface area contributed by atoms with Crippen LogP contribution in [0.15, 0.2) is 24.4 Å². The molecule has 0 radical (unpaired) electrons. The molecule has 15 heavy (non-hydrogen) atoms. The molecule has 0 aliphatic rings. The van der Waals surface area contributed by atoms with Crippen molar-refractivity contribution < 1.29 is 14.3 Å². The van der Waals surface area contributed by atoms with Gasteiger partial charge in [-0.2, -0.15) is 0 Å². The maximum absolute atomic E-state index is 13.2. The number of nitrogens with two attached hydrogens (primary N) is 1. The van der Waals surface area contributed by atoms with Gasteiger partial charge in [0, 0.05) is 17.1 Å². The van der Waals surface area contributed by atoms with Crippen molar-refractivity contribution >= 4 is 16.9 Å². The molecule has 1 aromatic heterocycles. The van der Waals surface area contributed by atoms with Gasteiger partial charge < -0.3 is 15.8 Å². The summed E-state index contributed by atoms with van der Waals surface area (Å²) in [6.07, 6.45) is 1.42. The maximum Gasteiger partial charge on any atom is 0.325 e. The third-order valence-electron chi connectivity index (χ3n) is 2.30. The van der Waals surface area contributed by atoms with E-state index in [9.17, 15) is 9.18 Å². The lowest BCUT2D eigenvalue weighted by Crippen LogP contribution is -2.20. The number of hydrogen-bond acceptors (Lipinski definition) is 2. The fourth-order valence-electron chi connectivity index (χ4n) is 1.53. The summed E-state index contributed by atoms with van der Waals surface area (Å²) >= 11 is 0. The number of rotatable bonds is 2. The third-order valence-corrected chi connectivity index (χ3v) is 2.30. The average Bonchev–Trinajstić information content (AvgIpc) is 2.61. The highest BCUT2D eigenvalue weighted by Crippen LogP contribution is 2.24. The molecular formula is C10H9FN2O2. The van der Waals surface area contributed by atoms with E-state index in [2.05, 4.69) is 4.98 Å². The minimum Gasteiger partial charge on any atom is -0.480 e. The summed E-state index contributed by atoms with van der Waals surface area (Å²) in [7, 11) is 0. The topological polar surface area (TPSA) is 79.1 Å². The smallest absolute Gasteiger partial charge is 0.325 e. The number of carbonyl (C=O) groups is 1. The summed E-state index contributed by atoms with van der Waals surface area (Å²) in [4.78, 5) is 13.4. The molecule has 1 unspecified atom stereocenters. The zero-order valence-electron chi connectivity index (χ0n) is 7.70. The van der Waals surface area contributed by atoms with Gasteiger partial charge >= 0.3 is 5.97 Å². The number of hydrogen-bond donors (Lipinski definition) is 3. The quantitative estimate of drug-likeness (QED) is 0.697. The van der Waals surface area contributed by atoms with Crippen LogP contribution in [0.5, 0.6) is 0 Å². The predicted octanol–water partition coefficient (Wildman–Crippen LogP) is 1.39. The van der Waals surface area contributed by atoms with E-state index < -0.39 is 17.8 Å². The zero-order chi connectivity index (χ0) is 11.0. The maximum atomic E-state index is 13.2. The molecule has 0 fully saturated rings. The van der Waals surface area contributed by atoms with Crippen molar-refractivity contribution in [3.8, 4) is 0 Å². The molecule has 0 aliphatic heterocycles. The van der Waals surface area contributed by atoms with Crippen LogP contribution in [0.2, 0.25) is 0 Å². The molecule has 2 rings (SSSR count). The van der Waals surface area contributed by atoms with Gasteiger partial charge in [-0.1, -0.05) is 12.1 Å². The van der Waals surface area contributed by atoms with Gasteiger partial charge in [-0.25, -0.2) is 4.39 Å². The summed E-state index contributed by atoms with van der Waals surface area (Å²) in [6.45, 7) is 0. The lowest BCUT2D eigenvalue weighted by Gasteiger charge is -2.03. The number of para-hydroxylation sites is 1. The van der Waals surface area contributed by atoms with E-state index in [1.807, 2.05) is 0 Å². The van der Waals surface area contributed by atoms with Crippen molar-refractivity contribution in [1.82, 2.24) is 4.98 Å². The molecule has 1 atom stereocenters. The van der Waals surface area contributed by atoms with Gasteiger partial charge in [0.15, 0.2) is 0 Å². The lowest BCUT2D eigenvalue weighted by atomic mass is 10.1. The first-order valence-corrected chi connectivity index (χ1v) is 4.35. The Balaban J connectivity index is 2.64.